The minimum absolute atomic E-state index is 0.601. The number of nitrogens with zero attached hydrogens (tertiary/aromatic N) is 1. The molecule has 0 heterocycles. The van der Waals surface area contributed by atoms with Crippen LogP contribution in [0.4, 0.5) is 0 Å². The maximum absolute atomic E-state index is 11.1. The number of hydrogen-bond acceptors (Lipinski definition) is 4. The van der Waals surface area contributed by atoms with Gasteiger partial charge in [-0.05, 0) is 18.9 Å². The highest BCUT2D eigenvalue weighted by molar-refractivity contribution is 5.72. The lowest BCUT2D eigenvalue weighted by molar-refractivity contribution is -0.859. The molecule has 0 aliphatic rings. The molecule has 0 bridgehead atoms. The second-order valence-electron chi connectivity index (χ2n) is 10.4. The Morgan fingerprint density at radius 3 is 1.22 bits per heavy atom. The van der Waals surface area contributed by atoms with E-state index in [0.717, 1.165) is 19.3 Å². The largest absolute Gasteiger partial charge is 0.544 e. The van der Waals surface area contributed by atoms with E-state index < -0.39 is 42.0 Å². The van der Waals surface area contributed by atoms with E-state index in [-0.39, 0.29) is 0 Å². The molecular weight excluding hydrogens is 458 g/mol. The van der Waals surface area contributed by atoms with Crippen LogP contribution in [-0.4, -0.2) is 52.2 Å². The zero-order valence-electron chi connectivity index (χ0n) is 22.9. The summed E-state index contributed by atoms with van der Waals surface area (Å²) in [7, 11) is 0. The summed E-state index contributed by atoms with van der Waals surface area (Å²) in [5.41, 5.74) is 0. The Balaban J connectivity index is 3.72. The summed E-state index contributed by atoms with van der Waals surface area (Å²) in [6.45, 7) is 0.391. The lowest BCUT2D eigenvalue weighted by atomic mass is 10.0. The zero-order chi connectivity index (χ0) is 26.9. The van der Waals surface area contributed by atoms with E-state index >= 15 is 0 Å². The number of rotatable bonds is 27. The predicted molar refractivity (Wildman–Crippen MR) is 142 cm³/mol. The van der Waals surface area contributed by atoms with E-state index in [9.17, 15) is 19.5 Å². The Morgan fingerprint density at radius 1 is 0.583 bits per heavy atom. The average molecular weight is 512 g/mol. The fourth-order valence-electron chi connectivity index (χ4n) is 4.76. The maximum atomic E-state index is 11.1. The second kappa shape index (κ2) is 23.5. The molecule has 0 unspecified atom stereocenters. The molecule has 0 saturated heterocycles. The van der Waals surface area contributed by atoms with Crippen molar-refractivity contribution >= 4 is 17.9 Å². The monoisotopic (exact) mass is 511 g/mol. The zero-order valence-corrected chi connectivity index (χ0v) is 22.9. The lowest BCUT2D eigenvalue weighted by Crippen LogP contribution is -2.55. The Hall–Kier alpha value is -1.89. The van der Waals surface area contributed by atoms with Gasteiger partial charge in [-0.1, -0.05) is 122 Å². The molecule has 36 heavy (non-hydrogen) atoms. The van der Waals surface area contributed by atoms with E-state index in [1.54, 1.807) is 6.08 Å². The molecule has 0 radical (unpaired) electrons. The van der Waals surface area contributed by atoms with Gasteiger partial charge >= 0.3 is 11.9 Å². The van der Waals surface area contributed by atoms with Gasteiger partial charge in [-0.2, -0.15) is 0 Å². The molecule has 0 aliphatic carbocycles. The second-order valence-corrected chi connectivity index (χ2v) is 10.4. The third-order valence-corrected chi connectivity index (χ3v) is 6.74. The number of aliphatic carboxylic acids is 3. The topological polar surface area (TPSA) is 115 Å². The highest BCUT2D eigenvalue weighted by Gasteiger charge is 2.31. The van der Waals surface area contributed by atoms with Crippen molar-refractivity contribution in [1.82, 2.24) is 0 Å². The maximum Gasteiger partial charge on any atom is 0.359 e. The van der Waals surface area contributed by atoms with Gasteiger partial charge in [0.15, 0.2) is 13.1 Å². The predicted octanol–water partition coefficient (Wildman–Crippen LogP) is 6.06. The molecule has 210 valence electrons. The van der Waals surface area contributed by atoms with Crippen LogP contribution in [0.3, 0.4) is 0 Å². The van der Waals surface area contributed by atoms with Gasteiger partial charge in [-0.25, -0.2) is 9.59 Å². The molecule has 2 N–H and O–H groups in total. The highest BCUT2D eigenvalue weighted by atomic mass is 16.4. The highest BCUT2D eigenvalue weighted by Crippen LogP contribution is 2.15. The van der Waals surface area contributed by atoms with Crippen LogP contribution in [0.2, 0.25) is 0 Å². The number of quaternary nitrogens is 1. The number of unbranched alkanes of at least 4 members (excludes halogenated alkanes) is 19. The number of carboxylic acid groups (broad SMARTS) is 3. The number of carbonyl (C=O) groups is 3. The number of carbonyl (C=O) groups excluding carboxylic acids is 1. The van der Waals surface area contributed by atoms with Crippen LogP contribution < -0.4 is 5.11 Å². The van der Waals surface area contributed by atoms with E-state index in [4.69, 9.17) is 10.2 Å². The van der Waals surface area contributed by atoms with E-state index in [2.05, 4.69) is 6.92 Å². The molecule has 0 aromatic rings. The molecule has 7 heteroatoms. The fourth-order valence-corrected chi connectivity index (χ4v) is 4.76. The van der Waals surface area contributed by atoms with Crippen molar-refractivity contribution in [3.63, 3.8) is 0 Å². The summed E-state index contributed by atoms with van der Waals surface area (Å²) in [5, 5.41) is 29.2. The summed E-state index contributed by atoms with van der Waals surface area (Å²) < 4.78 is -0.674. The van der Waals surface area contributed by atoms with Crippen molar-refractivity contribution in [3.8, 4) is 0 Å². The molecule has 7 nitrogen and oxygen atoms in total. The van der Waals surface area contributed by atoms with Gasteiger partial charge in [0, 0.05) is 0 Å². The third kappa shape index (κ3) is 22.6. The van der Waals surface area contributed by atoms with Gasteiger partial charge < -0.3 is 20.1 Å². The first-order valence-corrected chi connectivity index (χ1v) is 14.5. The SMILES string of the molecule is CCCCCCCCCCCCCCCCCCCCC/C=C/[N+](CC(=O)[O-])(CC(=O)O)CC(=O)O. The van der Waals surface area contributed by atoms with E-state index in [0.29, 0.717) is 6.42 Å². The van der Waals surface area contributed by atoms with Gasteiger partial charge in [-0.15, -0.1) is 0 Å². The summed E-state index contributed by atoms with van der Waals surface area (Å²) in [6.07, 6.45) is 28.7. The van der Waals surface area contributed by atoms with Crippen LogP contribution in [-0.2, 0) is 14.4 Å². The molecule has 0 aromatic heterocycles. The van der Waals surface area contributed by atoms with Gasteiger partial charge in [-0.3, -0.25) is 4.48 Å². The van der Waals surface area contributed by atoms with Crippen molar-refractivity contribution in [1.29, 1.82) is 0 Å². The van der Waals surface area contributed by atoms with Gasteiger partial charge in [0.2, 0.25) is 0 Å². The molecular formula is C29H53NO6. The number of hydrogen-bond donors (Lipinski definition) is 2. The molecule has 0 amide bonds. The normalized spacial score (nSPS) is 11.8. The smallest absolute Gasteiger partial charge is 0.359 e. The minimum atomic E-state index is -1.47. The first-order chi connectivity index (χ1) is 17.3. The molecule has 0 saturated carbocycles. The Bertz CT molecular complexity index is 564. The van der Waals surface area contributed by atoms with Crippen LogP contribution in [0.5, 0.6) is 0 Å². The third-order valence-electron chi connectivity index (χ3n) is 6.74. The van der Waals surface area contributed by atoms with Crippen molar-refractivity contribution < 1.29 is 34.2 Å². The summed E-state index contributed by atoms with van der Waals surface area (Å²) in [4.78, 5) is 33.3. The van der Waals surface area contributed by atoms with Crippen molar-refractivity contribution in [2.75, 3.05) is 19.6 Å². The van der Waals surface area contributed by atoms with E-state index in [1.165, 1.54) is 109 Å². The molecule has 0 atom stereocenters. The number of allylic oxidation sites excluding steroid dienone is 1. The Morgan fingerprint density at radius 2 is 0.917 bits per heavy atom. The molecule has 0 rings (SSSR count). The standard InChI is InChI=1S/C29H53NO6/c1-2-3-4-5-6-7-8-9-10-11-12-13-14-15-16-17-18-19-20-21-22-23-30(24-27(31)32,25-28(33)34)26-29(35)36/h22-23H,2-21,24-26H2,1H3,(H2-,31,32,33,34,35,36)/b23-22+. The van der Waals surface area contributed by atoms with Crippen LogP contribution in [0.15, 0.2) is 12.3 Å². The summed E-state index contributed by atoms with van der Waals surface area (Å²) >= 11 is 0. The van der Waals surface area contributed by atoms with Crippen LogP contribution >= 0.6 is 0 Å². The van der Waals surface area contributed by atoms with E-state index in [1.807, 2.05) is 0 Å². The van der Waals surface area contributed by atoms with Crippen LogP contribution in [0.25, 0.3) is 0 Å². The number of carboxylic acids is 3. The Kier molecular flexibility index (Phi) is 22.3. The first-order valence-electron chi connectivity index (χ1n) is 14.5. The fraction of sp³-hybridized carbons (Fsp3) is 0.828. The van der Waals surface area contributed by atoms with Gasteiger partial charge in [0.1, 0.15) is 6.54 Å². The minimum Gasteiger partial charge on any atom is -0.544 e. The molecule has 0 aliphatic heterocycles. The summed E-state index contributed by atoms with van der Waals surface area (Å²) in [6, 6.07) is 0. The van der Waals surface area contributed by atoms with Gasteiger partial charge in [0.05, 0.1) is 12.2 Å². The van der Waals surface area contributed by atoms with Crippen molar-refractivity contribution in [2.24, 2.45) is 0 Å². The quantitative estimate of drug-likeness (QED) is 0.102. The lowest BCUT2D eigenvalue weighted by Gasteiger charge is -2.32. The summed E-state index contributed by atoms with van der Waals surface area (Å²) in [5.74, 6) is -3.96. The van der Waals surface area contributed by atoms with Gasteiger partial charge in [0.25, 0.3) is 0 Å². The Labute approximate surface area is 219 Å². The average Bonchev–Trinajstić information content (AvgIpc) is 2.78. The molecule has 0 fully saturated rings. The van der Waals surface area contributed by atoms with Crippen molar-refractivity contribution in [3.05, 3.63) is 12.3 Å². The van der Waals surface area contributed by atoms with Crippen LogP contribution in [0, 0.1) is 0 Å². The molecule has 0 spiro atoms. The van der Waals surface area contributed by atoms with Crippen molar-refractivity contribution in [2.45, 2.75) is 135 Å². The van der Waals surface area contributed by atoms with Crippen LogP contribution in [0.1, 0.15) is 135 Å². The molecule has 0 aromatic carbocycles. The first kappa shape index (κ1) is 34.1.